The van der Waals surface area contributed by atoms with Crippen molar-refractivity contribution in [1.29, 1.82) is 0 Å². The molecule has 0 bridgehead atoms. The van der Waals surface area contributed by atoms with Gasteiger partial charge in [-0.25, -0.2) is 4.39 Å². The predicted molar refractivity (Wildman–Crippen MR) is 68.8 cm³/mol. The summed E-state index contributed by atoms with van der Waals surface area (Å²) in [6.07, 6.45) is -0.0164. The highest BCUT2D eigenvalue weighted by molar-refractivity contribution is 6.23. The number of piperidine rings is 1. The molecule has 4 amide bonds. The normalized spacial score (nSPS) is 21.6. The van der Waals surface area contributed by atoms with Crippen molar-refractivity contribution in [3.63, 3.8) is 0 Å². The summed E-state index contributed by atoms with van der Waals surface area (Å²) >= 11 is 0. The van der Waals surface area contributed by atoms with E-state index in [1.54, 1.807) is 0 Å². The number of hydrogen-bond acceptors (Lipinski definition) is 5. The van der Waals surface area contributed by atoms with Crippen molar-refractivity contribution in [2.24, 2.45) is 0 Å². The van der Waals surface area contributed by atoms with Crippen molar-refractivity contribution in [3.05, 3.63) is 35.1 Å². The third kappa shape index (κ3) is 1.92. The molecule has 0 radical (unpaired) electrons. The quantitative estimate of drug-likeness (QED) is 0.743. The van der Waals surface area contributed by atoms with Crippen LogP contribution in [0, 0.1) is 5.82 Å². The van der Waals surface area contributed by atoms with Gasteiger partial charge in [-0.2, -0.15) is 5.06 Å². The summed E-state index contributed by atoms with van der Waals surface area (Å²) in [5.74, 6) is -3.39. The maximum absolute atomic E-state index is 13.3. The number of benzene rings is 1. The molecule has 0 saturated carbocycles. The van der Waals surface area contributed by atoms with Gasteiger partial charge < -0.3 is 0 Å². The van der Waals surface area contributed by atoms with E-state index >= 15 is 0 Å². The molecule has 2 aliphatic heterocycles. The molecule has 114 valence electrons. The number of imide groups is 2. The monoisotopic (exact) mass is 306 g/mol. The molecule has 8 heteroatoms. The minimum atomic E-state index is -1.13. The molecule has 0 N–H and O–H groups in total. The van der Waals surface area contributed by atoms with Crippen molar-refractivity contribution < 1.29 is 28.4 Å². The van der Waals surface area contributed by atoms with Gasteiger partial charge in [0.15, 0.2) is 0 Å². The largest absolute Gasteiger partial charge is 0.276 e. The summed E-state index contributed by atoms with van der Waals surface area (Å²) in [6.45, 7) is 0. The van der Waals surface area contributed by atoms with Crippen molar-refractivity contribution in [3.8, 4) is 0 Å². The fourth-order valence-corrected chi connectivity index (χ4v) is 2.69. The fourth-order valence-electron chi connectivity index (χ4n) is 2.69. The molecule has 1 unspecified atom stereocenters. The first kappa shape index (κ1) is 14.3. The molecule has 1 aromatic carbocycles. The second-order valence-corrected chi connectivity index (χ2v) is 4.93. The average Bonchev–Trinajstić information content (AvgIpc) is 2.72. The van der Waals surface area contributed by atoms with Gasteiger partial charge in [-0.1, -0.05) is 0 Å². The van der Waals surface area contributed by atoms with Crippen LogP contribution in [-0.2, 0) is 14.4 Å². The van der Waals surface area contributed by atoms with Crippen LogP contribution in [0.5, 0.6) is 0 Å². The Hall–Kier alpha value is -2.61. The molecule has 1 aromatic rings. The summed E-state index contributed by atoms with van der Waals surface area (Å²) in [6, 6.07) is 2.11. The minimum absolute atomic E-state index is 0.0193. The first-order valence-corrected chi connectivity index (χ1v) is 6.54. The number of nitrogens with zero attached hydrogens (tertiary/aromatic N) is 2. The second kappa shape index (κ2) is 4.99. The zero-order valence-electron chi connectivity index (χ0n) is 11.5. The number of hydrogen-bond donors (Lipinski definition) is 0. The first-order valence-electron chi connectivity index (χ1n) is 6.54. The molecule has 0 aromatic heterocycles. The molecule has 3 rings (SSSR count). The SMILES string of the molecule is CON1C(=O)CCC(N2C(=O)c3ccc(F)cc3C2=O)C1=O. The van der Waals surface area contributed by atoms with Crippen LogP contribution >= 0.6 is 0 Å². The topological polar surface area (TPSA) is 84.0 Å². The molecule has 7 nitrogen and oxygen atoms in total. The van der Waals surface area contributed by atoms with E-state index in [0.717, 1.165) is 24.1 Å². The number of hydroxylamine groups is 2. The Kier molecular flexibility index (Phi) is 3.25. The highest BCUT2D eigenvalue weighted by Crippen LogP contribution is 2.29. The second-order valence-electron chi connectivity index (χ2n) is 4.93. The lowest BCUT2D eigenvalue weighted by Crippen LogP contribution is -2.55. The molecule has 0 spiro atoms. The van der Waals surface area contributed by atoms with E-state index in [1.165, 1.54) is 6.07 Å². The third-order valence-corrected chi connectivity index (χ3v) is 3.72. The Morgan fingerprint density at radius 3 is 2.50 bits per heavy atom. The average molecular weight is 306 g/mol. The summed E-state index contributed by atoms with van der Waals surface area (Å²) in [4.78, 5) is 53.9. The van der Waals surface area contributed by atoms with E-state index in [0.29, 0.717) is 5.06 Å². The van der Waals surface area contributed by atoms with E-state index in [4.69, 9.17) is 4.84 Å². The Morgan fingerprint density at radius 1 is 1.14 bits per heavy atom. The number of fused-ring (bicyclic) bond motifs is 1. The third-order valence-electron chi connectivity index (χ3n) is 3.72. The molecule has 1 saturated heterocycles. The number of carbonyl (C=O) groups excluding carboxylic acids is 4. The summed E-state index contributed by atoms with van der Waals surface area (Å²) in [5, 5.41) is 0.540. The molecule has 22 heavy (non-hydrogen) atoms. The van der Waals surface area contributed by atoms with Gasteiger partial charge in [-0.05, 0) is 24.6 Å². The van der Waals surface area contributed by atoms with Gasteiger partial charge in [0, 0.05) is 6.42 Å². The molecule has 1 atom stereocenters. The van der Waals surface area contributed by atoms with Crippen LogP contribution in [0.25, 0.3) is 0 Å². The summed E-state index contributed by atoms with van der Waals surface area (Å²) in [5.41, 5.74) is -0.0428. The highest BCUT2D eigenvalue weighted by atomic mass is 19.1. The van der Waals surface area contributed by atoms with Crippen molar-refractivity contribution in [2.45, 2.75) is 18.9 Å². The number of carbonyl (C=O) groups is 4. The molecule has 2 heterocycles. The van der Waals surface area contributed by atoms with Gasteiger partial charge >= 0.3 is 0 Å². The predicted octanol–water partition coefficient (Wildman–Crippen LogP) is 0.501. The number of amides is 4. The maximum atomic E-state index is 13.3. The van der Waals surface area contributed by atoms with E-state index < -0.39 is 35.5 Å². The Morgan fingerprint density at radius 2 is 1.82 bits per heavy atom. The van der Waals surface area contributed by atoms with Crippen molar-refractivity contribution in [1.82, 2.24) is 9.96 Å². The van der Waals surface area contributed by atoms with Crippen molar-refractivity contribution in [2.75, 3.05) is 7.11 Å². The summed E-state index contributed by atoms with van der Waals surface area (Å²) < 4.78 is 13.3. The molecule has 2 aliphatic rings. The molecular weight excluding hydrogens is 295 g/mol. The Balaban J connectivity index is 1.97. The van der Waals surface area contributed by atoms with Crippen LogP contribution in [0.2, 0.25) is 0 Å². The lowest BCUT2D eigenvalue weighted by molar-refractivity contribution is -0.194. The molecule has 1 fully saturated rings. The smallest absolute Gasteiger partial charge is 0.272 e. The van der Waals surface area contributed by atoms with E-state index in [2.05, 4.69) is 0 Å². The highest BCUT2D eigenvalue weighted by Gasteiger charge is 2.47. The van der Waals surface area contributed by atoms with Crippen LogP contribution in [-0.4, -0.2) is 46.7 Å². The zero-order chi connectivity index (χ0) is 16.0. The van der Waals surface area contributed by atoms with E-state index in [1.807, 2.05) is 0 Å². The van der Waals surface area contributed by atoms with Gasteiger partial charge in [0.2, 0.25) is 0 Å². The van der Waals surface area contributed by atoms with Crippen LogP contribution in [0.15, 0.2) is 18.2 Å². The zero-order valence-corrected chi connectivity index (χ0v) is 11.5. The maximum Gasteiger partial charge on any atom is 0.276 e. The van der Waals surface area contributed by atoms with Crippen LogP contribution in [0.3, 0.4) is 0 Å². The van der Waals surface area contributed by atoms with Crippen molar-refractivity contribution >= 4 is 23.6 Å². The lowest BCUT2D eigenvalue weighted by Gasteiger charge is -2.32. The molecular formula is C14H11FN2O5. The lowest BCUT2D eigenvalue weighted by atomic mass is 10.0. The van der Waals surface area contributed by atoms with Gasteiger partial charge in [0.1, 0.15) is 11.9 Å². The van der Waals surface area contributed by atoms with Gasteiger partial charge in [0.25, 0.3) is 23.6 Å². The Bertz CT molecular complexity index is 717. The van der Waals surface area contributed by atoms with Crippen LogP contribution in [0.4, 0.5) is 4.39 Å². The molecule has 0 aliphatic carbocycles. The van der Waals surface area contributed by atoms with Gasteiger partial charge in [-0.3, -0.25) is 28.9 Å². The standard InChI is InChI=1S/C14H11FN2O5/c1-22-17-11(18)5-4-10(14(17)21)16-12(19)8-3-2-7(15)6-9(8)13(16)20/h2-3,6,10H,4-5H2,1H3. The van der Waals surface area contributed by atoms with E-state index in [-0.39, 0.29) is 24.0 Å². The first-order chi connectivity index (χ1) is 10.5. The van der Waals surface area contributed by atoms with Gasteiger partial charge in [0.05, 0.1) is 18.2 Å². The summed E-state index contributed by atoms with van der Waals surface area (Å²) in [7, 11) is 1.15. The van der Waals surface area contributed by atoms with Crippen LogP contribution in [0.1, 0.15) is 33.6 Å². The van der Waals surface area contributed by atoms with E-state index in [9.17, 15) is 23.6 Å². The van der Waals surface area contributed by atoms with Gasteiger partial charge in [-0.15, -0.1) is 0 Å². The minimum Gasteiger partial charge on any atom is -0.272 e. The number of halogens is 1. The Labute approximate surface area is 124 Å². The number of rotatable bonds is 2. The fraction of sp³-hybridized carbons (Fsp3) is 0.286. The van der Waals surface area contributed by atoms with Crippen LogP contribution < -0.4 is 0 Å².